The first-order valence-corrected chi connectivity index (χ1v) is 8.07. The van der Waals surface area contributed by atoms with Crippen molar-refractivity contribution in [1.29, 1.82) is 0 Å². The van der Waals surface area contributed by atoms with E-state index in [4.69, 9.17) is 0 Å². The topological polar surface area (TPSA) is 95.1 Å². The van der Waals surface area contributed by atoms with Gasteiger partial charge in [0.2, 0.25) is 10.0 Å². The number of nitrogens with zero attached hydrogens (tertiary/aromatic N) is 1. The number of hydrogen-bond donors (Lipinski definition) is 3. The molecule has 0 amide bonds. The molecule has 0 aliphatic carbocycles. The van der Waals surface area contributed by atoms with Gasteiger partial charge in [0.1, 0.15) is 10.6 Å². The Morgan fingerprint density at radius 2 is 1.90 bits per heavy atom. The Labute approximate surface area is 124 Å². The van der Waals surface area contributed by atoms with Crippen molar-refractivity contribution < 1.29 is 13.5 Å². The lowest BCUT2D eigenvalue weighted by Gasteiger charge is -2.15. The highest BCUT2D eigenvalue weighted by molar-refractivity contribution is 7.89. The Bertz CT molecular complexity index is 720. The fourth-order valence-electron chi connectivity index (χ4n) is 2.15. The van der Waals surface area contributed by atoms with Gasteiger partial charge in [-0.05, 0) is 26.3 Å². The minimum atomic E-state index is -3.75. The molecular weight excluding hydrogens is 290 g/mol. The van der Waals surface area contributed by atoms with Crippen LogP contribution in [0.4, 0.5) is 0 Å². The number of hydrogen-bond acceptors (Lipinski definition) is 4. The van der Waals surface area contributed by atoms with Crippen molar-refractivity contribution in [3.8, 4) is 0 Å². The number of aromatic nitrogens is 2. The Morgan fingerprint density at radius 1 is 1.29 bits per heavy atom. The van der Waals surface area contributed by atoms with E-state index in [0.29, 0.717) is 5.69 Å². The maximum atomic E-state index is 12.5. The molecule has 21 heavy (non-hydrogen) atoms. The van der Waals surface area contributed by atoms with Crippen LogP contribution in [0.5, 0.6) is 0 Å². The number of aliphatic hydroxyl groups excluding tert-OH is 1. The number of aromatic amines is 1. The summed E-state index contributed by atoms with van der Waals surface area (Å²) in [6.07, 6.45) is 0. The molecule has 0 saturated heterocycles. The van der Waals surface area contributed by atoms with Crippen LogP contribution in [0.15, 0.2) is 29.2 Å². The highest BCUT2D eigenvalue weighted by atomic mass is 32.2. The van der Waals surface area contributed by atoms with E-state index in [2.05, 4.69) is 14.9 Å². The van der Waals surface area contributed by atoms with Crippen molar-refractivity contribution in [3.05, 3.63) is 46.8 Å². The summed E-state index contributed by atoms with van der Waals surface area (Å²) in [7, 11) is -3.75. The van der Waals surface area contributed by atoms with Crippen LogP contribution in [-0.2, 0) is 16.6 Å². The summed E-state index contributed by atoms with van der Waals surface area (Å²) < 4.78 is 27.5. The molecule has 1 aromatic heterocycles. The lowest BCUT2D eigenvalue weighted by molar-refractivity contribution is 0.273. The van der Waals surface area contributed by atoms with Gasteiger partial charge in [-0.2, -0.15) is 5.10 Å². The molecule has 2 aromatic rings. The van der Waals surface area contributed by atoms with E-state index in [1.54, 1.807) is 13.8 Å². The minimum absolute atomic E-state index is 0.0176. The minimum Gasteiger partial charge on any atom is -0.390 e. The molecule has 0 radical (unpaired) electrons. The van der Waals surface area contributed by atoms with Gasteiger partial charge in [0.25, 0.3) is 0 Å². The zero-order chi connectivity index (χ0) is 15.6. The Morgan fingerprint density at radius 3 is 2.48 bits per heavy atom. The van der Waals surface area contributed by atoms with E-state index in [0.717, 1.165) is 11.1 Å². The molecule has 0 saturated carbocycles. The van der Waals surface area contributed by atoms with Crippen LogP contribution in [0.1, 0.15) is 35.5 Å². The van der Waals surface area contributed by atoms with Crippen molar-refractivity contribution in [2.45, 2.75) is 38.3 Å². The summed E-state index contributed by atoms with van der Waals surface area (Å²) in [6, 6.07) is 7.26. The molecule has 0 bridgehead atoms. The average Bonchev–Trinajstić information content (AvgIpc) is 2.80. The fourth-order valence-corrected chi connectivity index (χ4v) is 3.74. The average molecular weight is 309 g/mol. The predicted octanol–water partition coefficient (Wildman–Crippen LogP) is 1.56. The molecule has 3 N–H and O–H groups in total. The van der Waals surface area contributed by atoms with E-state index in [9.17, 15) is 13.5 Å². The number of H-pyrrole nitrogens is 1. The van der Waals surface area contributed by atoms with E-state index in [1.165, 1.54) is 0 Å². The monoisotopic (exact) mass is 309 g/mol. The number of aliphatic hydroxyl groups is 1. The molecule has 0 aliphatic rings. The first-order valence-electron chi connectivity index (χ1n) is 6.58. The Balaban J connectivity index is 2.28. The molecule has 114 valence electrons. The van der Waals surface area contributed by atoms with Gasteiger partial charge in [0, 0.05) is 6.04 Å². The number of nitrogens with one attached hydrogen (secondary N) is 2. The Kier molecular flexibility index (Phi) is 4.46. The Hall–Kier alpha value is -1.70. The second kappa shape index (κ2) is 5.97. The van der Waals surface area contributed by atoms with Gasteiger partial charge in [-0.25, -0.2) is 13.1 Å². The third-order valence-electron chi connectivity index (χ3n) is 3.29. The van der Waals surface area contributed by atoms with Crippen molar-refractivity contribution in [2.75, 3.05) is 0 Å². The molecule has 2 rings (SSSR count). The first kappa shape index (κ1) is 15.7. The molecule has 1 heterocycles. The summed E-state index contributed by atoms with van der Waals surface area (Å²) in [5.41, 5.74) is 2.51. The van der Waals surface area contributed by atoms with Gasteiger partial charge >= 0.3 is 0 Å². The number of sulfonamides is 1. The van der Waals surface area contributed by atoms with E-state index in [1.807, 2.05) is 31.2 Å². The van der Waals surface area contributed by atoms with Crippen LogP contribution < -0.4 is 4.72 Å². The van der Waals surface area contributed by atoms with E-state index in [-0.39, 0.29) is 16.6 Å². The molecule has 1 unspecified atom stereocenters. The summed E-state index contributed by atoms with van der Waals surface area (Å²) in [5.74, 6) is 0. The normalized spacial score (nSPS) is 13.3. The molecule has 1 aromatic carbocycles. The second-order valence-corrected chi connectivity index (χ2v) is 6.69. The molecule has 6 nitrogen and oxygen atoms in total. The lowest BCUT2D eigenvalue weighted by atomic mass is 10.1. The van der Waals surface area contributed by atoms with Crippen LogP contribution in [0.3, 0.4) is 0 Å². The fraction of sp³-hybridized carbons (Fsp3) is 0.357. The highest BCUT2D eigenvalue weighted by Gasteiger charge is 2.25. The maximum Gasteiger partial charge on any atom is 0.244 e. The zero-order valence-corrected chi connectivity index (χ0v) is 13.0. The maximum absolute atomic E-state index is 12.5. The van der Waals surface area contributed by atoms with Crippen LogP contribution >= 0.6 is 0 Å². The zero-order valence-electron chi connectivity index (χ0n) is 12.2. The van der Waals surface area contributed by atoms with E-state index < -0.39 is 16.6 Å². The summed E-state index contributed by atoms with van der Waals surface area (Å²) in [6.45, 7) is 4.92. The molecule has 0 fully saturated rings. The summed E-state index contributed by atoms with van der Waals surface area (Å²) in [5, 5.41) is 15.6. The van der Waals surface area contributed by atoms with Gasteiger partial charge in [-0.3, -0.25) is 5.10 Å². The van der Waals surface area contributed by atoms with Crippen LogP contribution in [0, 0.1) is 13.8 Å². The second-order valence-electron chi connectivity index (χ2n) is 5.04. The number of benzene rings is 1. The highest BCUT2D eigenvalue weighted by Crippen LogP contribution is 2.21. The van der Waals surface area contributed by atoms with Gasteiger partial charge in [-0.1, -0.05) is 29.8 Å². The largest absolute Gasteiger partial charge is 0.390 e. The smallest absolute Gasteiger partial charge is 0.244 e. The molecular formula is C14H19N3O3S. The van der Waals surface area contributed by atoms with Crippen molar-refractivity contribution in [2.24, 2.45) is 0 Å². The standard InChI is InChI=1S/C14H19N3O3S/c1-9-4-6-12(7-5-9)10(2)17-21(19,20)14-11(3)15-16-13(14)8-18/h4-7,10,17-18H,8H2,1-3H3,(H,15,16). The lowest BCUT2D eigenvalue weighted by Crippen LogP contribution is -2.28. The van der Waals surface area contributed by atoms with Crippen LogP contribution in [0.25, 0.3) is 0 Å². The summed E-state index contributed by atoms with van der Waals surface area (Å²) in [4.78, 5) is 0.0176. The molecule has 0 aliphatic heterocycles. The van der Waals surface area contributed by atoms with Crippen molar-refractivity contribution >= 4 is 10.0 Å². The third kappa shape index (κ3) is 3.31. The third-order valence-corrected chi connectivity index (χ3v) is 5.03. The van der Waals surface area contributed by atoms with Crippen LogP contribution in [-0.4, -0.2) is 23.7 Å². The van der Waals surface area contributed by atoms with Gasteiger partial charge in [0.05, 0.1) is 12.3 Å². The molecule has 0 spiro atoms. The number of aryl methyl sites for hydroxylation is 2. The molecule has 1 atom stereocenters. The number of rotatable bonds is 5. The summed E-state index contributed by atoms with van der Waals surface area (Å²) >= 11 is 0. The van der Waals surface area contributed by atoms with Crippen LogP contribution in [0.2, 0.25) is 0 Å². The predicted molar refractivity (Wildman–Crippen MR) is 79.2 cm³/mol. The van der Waals surface area contributed by atoms with E-state index >= 15 is 0 Å². The van der Waals surface area contributed by atoms with Crippen molar-refractivity contribution in [3.63, 3.8) is 0 Å². The van der Waals surface area contributed by atoms with Gasteiger partial charge in [0.15, 0.2) is 0 Å². The van der Waals surface area contributed by atoms with Crippen molar-refractivity contribution in [1.82, 2.24) is 14.9 Å². The van der Waals surface area contributed by atoms with Gasteiger partial charge < -0.3 is 5.11 Å². The molecule has 7 heteroatoms. The van der Waals surface area contributed by atoms with Gasteiger partial charge in [-0.15, -0.1) is 0 Å². The quantitative estimate of drug-likeness (QED) is 0.781. The first-order chi connectivity index (χ1) is 9.85. The SMILES string of the molecule is Cc1ccc(C(C)NS(=O)(=O)c2c(CO)n[nH]c2C)cc1.